The van der Waals surface area contributed by atoms with E-state index in [1.165, 1.54) is 37.0 Å². The molecule has 5 heteroatoms. The lowest BCUT2D eigenvalue weighted by atomic mass is 10.1. The Morgan fingerprint density at radius 1 is 1.59 bits per heavy atom. The fraction of sp³-hybridized carbons (Fsp3) is 0.583. The van der Waals surface area contributed by atoms with E-state index in [2.05, 4.69) is 27.5 Å². The van der Waals surface area contributed by atoms with Gasteiger partial charge in [0, 0.05) is 15.8 Å². The van der Waals surface area contributed by atoms with Crippen molar-refractivity contribution in [1.82, 2.24) is 5.32 Å². The minimum absolute atomic E-state index is 0.0483. The summed E-state index contributed by atoms with van der Waals surface area (Å²) in [5, 5.41) is 5.01. The SMILES string of the molecule is CSC1(CNC(=O)c2sccc2Br)CCCC1. The molecule has 17 heavy (non-hydrogen) atoms. The molecule has 1 heterocycles. The third kappa shape index (κ3) is 3.06. The summed E-state index contributed by atoms with van der Waals surface area (Å²) in [6.45, 7) is 0.789. The Hall–Kier alpha value is -0.000000000000000111. The summed E-state index contributed by atoms with van der Waals surface area (Å²) >= 11 is 6.78. The first-order valence-electron chi connectivity index (χ1n) is 5.73. The zero-order valence-corrected chi connectivity index (χ0v) is 13.0. The normalized spacial score (nSPS) is 18.2. The molecule has 0 aliphatic heterocycles. The van der Waals surface area contributed by atoms with Crippen LogP contribution in [0.25, 0.3) is 0 Å². The zero-order chi connectivity index (χ0) is 12.3. The standard InChI is InChI=1S/C12H16BrNOS2/c1-16-12(5-2-3-6-12)8-14-11(15)10-9(13)4-7-17-10/h4,7H,2-3,5-6,8H2,1H3,(H,14,15). The van der Waals surface area contributed by atoms with Crippen LogP contribution in [0.15, 0.2) is 15.9 Å². The van der Waals surface area contributed by atoms with Crippen molar-refractivity contribution in [1.29, 1.82) is 0 Å². The molecule has 2 rings (SSSR count). The van der Waals surface area contributed by atoms with E-state index in [0.29, 0.717) is 0 Å². The molecule has 1 fully saturated rings. The molecule has 0 spiro atoms. The Balaban J connectivity index is 1.94. The van der Waals surface area contributed by atoms with Crippen molar-refractivity contribution in [3.05, 3.63) is 20.8 Å². The van der Waals surface area contributed by atoms with Crippen molar-refractivity contribution >= 4 is 44.9 Å². The van der Waals surface area contributed by atoms with Gasteiger partial charge in [-0.15, -0.1) is 11.3 Å². The summed E-state index contributed by atoms with van der Waals surface area (Å²) in [6.07, 6.45) is 7.18. The van der Waals surface area contributed by atoms with Crippen LogP contribution in [-0.4, -0.2) is 23.5 Å². The second kappa shape index (κ2) is 5.76. The lowest BCUT2D eigenvalue weighted by Crippen LogP contribution is -2.38. The van der Waals surface area contributed by atoms with Crippen molar-refractivity contribution in [2.75, 3.05) is 12.8 Å². The molecule has 94 valence electrons. The molecule has 0 unspecified atom stereocenters. The van der Waals surface area contributed by atoms with Gasteiger partial charge in [0.15, 0.2) is 0 Å². The average Bonchev–Trinajstić information content (AvgIpc) is 2.95. The number of amides is 1. The maximum absolute atomic E-state index is 12.0. The Morgan fingerprint density at radius 3 is 2.82 bits per heavy atom. The predicted octanol–water partition coefficient (Wildman–Crippen LogP) is 3.92. The van der Waals surface area contributed by atoms with Gasteiger partial charge in [0.2, 0.25) is 0 Å². The molecule has 1 aromatic heterocycles. The summed E-state index contributed by atoms with van der Waals surface area (Å²) in [7, 11) is 0. The molecule has 0 aromatic carbocycles. The predicted molar refractivity (Wildman–Crippen MR) is 79.1 cm³/mol. The second-order valence-corrected chi connectivity index (χ2v) is 7.42. The number of carbonyl (C=O) groups excluding carboxylic acids is 1. The van der Waals surface area contributed by atoms with Crippen LogP contribution in [0.5, 0.6) is 0 Å². The van der Waals surface area contributed by atoms with Gasteiger partial charge in [-0.25, -0.2) is 0 Å². The maximum Gasteiger partial charge on any atom is 0.262 e. The third-order valence-electron chi connectivity index (χ3n) is 3.34. The molecule has 0 saturated heterocycles. The summed E-state index contributed by atoms with van der Waals surface area (Å²) in [5.74, 6) is 0.0483. The van der Waals surface area contributed by atoms with Gasteiger partial charge in [0.25, 0.3) is 5.91 Å². The summed E-state index contributed by atoms with van der Waals surface area (Å²) < 4.78 is 1.17. The van der Waals surface area contributed by atoms with Crippen LogP contribution >= 0.6 is 39.0 Å². The van der Waals surface area contributed by atoms with Crippen LogP contribution in [0.1, 0.15) is 35.4 Å². The maximum atomic E-state index is 12.0. The molecule has 1 aliphatic carbocycles. The summed E-state index contributed by atoms with van der Waals surface area (Å²) in [5.41, 5.74) is 0. The van der Waals surface area contributed by atoms with Crippen molar-refractivity contribution in [3.8, 4) is 0 Å². The van der Waals surface area contributed by atoms with E-state index in [1.54, 1.807) is 0 Å². The fourth-order valence-electron chi connectivity index (χ4n) is 2.25. The lowest BCUT2D eigenvalue weighted by Gasteiger charge is -2.26. The largest absolute Gasteiger partial charge is 0.350 e. The molecule has 0 bridgehead atoms. The van der Waals surface area contributed by atoms with Gasteiger partial charge in [-0.1, -0.05) is 12.8 Å². The van der Waals surface area contributed by atoms with E-state index >= 15 is 0 Å². The highest BCUT2D eigenvalue weighted by Gasteiger charge is 2.33. The van der Waals surface area contributed by atoms with Gasteiger partial charge in [-0.2, -0.15) is 11.8 Å². The van der Waals surface area contributed by atoms with Crippen LogP contribution in [0.2, 0.25) is 0 Å². The van der Waals surface area contributed by atoms with E-state index in [-0.39, 0.29) is 10.7 Å². The highest BCUT2D eigenvalue weighted by molar-refractivity contribution is 9.10. The fourth-order valence-corrected chi connectivity index (χ4v) is 4.63. The molecule has 1 saturated carbocycles. The molecule has 2 nitrogen and oxygen atoms in total. The Bertz CT molecular complexity index is 399. The smallest absolute Gasteiger partial charge is 0.262 e. The number of hydrogen-bond donors (Lipinski definition) is 1. The molecule has 0 atom stereocenters. The Morgan fingerprint density at radius 2 is 2.29 bits per heavy atom. The molecule has 1 aliphatic rings. The van der Waals surface area contributed by atoms with E-state index in [0.717, 1.165) is 15.9 Å². The van der Waals surface area contributed by atoms with E-state index < -0.39 is 0 Å². The summed E-state index contributed by atoms with van der Waals surface area (Å²) in [6, 6.07) is 1.92. The molecule has 1 aromatic rings. The topological polar surface area (TPSA) is 29.1 Å². The minimum atomic E-state index is 0.0483. The average molecular weight is 334 g/mol. The van der Waals surface area contributed by atoms with Crippen molar-refractivity contribution in [2.45, 2.75) is 30.4 Å². The van der Waals surface area contributed by atoms with Gasteiger partial charge in [0.1, 0.15) is 4.88 Å². The highest BCUT2D eigenvalue weighted by Crippen LogP contribution is 2.39. The van der Waals surface area contributed by atoms with Gasteiger partial charge in [-0.05, 0) is 46.5 Å². The van der Waals surface area contributed by atoms with Crippen LogP contribution in [0, 0.1) is 0 Å². The Labute approximate surface area is 119 Å². The first-order chi connectivity index (χ1) is 8.17. The van der Waals surface area contributed by atoms with Gasteiger partial charge < -0.3 is 5.32 Å². The van der Waals surface area contributed by atoms with Crippen LogP contribution in [-0.2, 0) is 0 Å². The lowest BCUT2D eigenvalue weighted by molar-refractivity contribution is 0.0953. The molecular formula is C12H16BrNOS2. The van der Waals surface area contributed by atoms with E-state index in [4.69, 9.17) is 0 Å². The number of thioether (sulfide) groups is 1. The van der Waals surface area contributed by atoms with Crippen molar-refractivity contribution in [3.63, 3.8) is 0 Å². The number of rotatable bonds is 4. The second-order valence-electron chi connectivity index (χ2n) is 4.37. The van der Waals surface area contributed by atoms with Gasteiger partial charge >= 0.3 is 0 Å². The van der Waals surface area contributed by atoms with Gasteiger partial charge in [0.05, 0.1) is 0 Å². The summed E-state index contributed by atoms with van der Waals surface area (Å²) in [4.78, 5) is 12.8. The van der Waals surface area contributed by atoms with Crippen molar-refractivity contribution in [2.24, 2.45) is 0 Å². The first-order valence-corrected chi connectivity index (χ1v) is 8.63. The molecular weight excluding hydrogens is 318 g/mol. The number of carbonyl (C=O) groups is 1. The number of nitrogens with one attached hydrogen (secondary N) is 1. The van der Waals surface area contributed by atoms with E-state index in [9.17, 15) is 4.79 Å². The van der Waals surface area contributed by atoms with Crippen LogP contribution in [0.4, 0.5) is 0 Å². The first kappa shape index (κ1) is 13.4. The Kier molecular flexibility index (Phi) is 4.55. The van der Waals surface area contributed by atoms with Crippen LogP contribution < -0.4 is 5.32 Å². The monoisotopic (exact) mass is 333 g/mol. The van der Waals surface area contributed by atoms with Crippen molar-refractivity contribution < 1.29 is 4.79 Å². The third-order valence-corrected chi connectivity index (χ3v) is 6.60. The molecule has 0 radical (unpaired) electrons. The van der Waals surface area contributed by atoms with Crippen LogP contribution in [0.3, 0.4) is 0 Å². The van der Waals surface area contributed by atoms with E-state index in [1.807, 2.05) is 23.2 Å². The minimum Gasteiger partial charge on any atom is -0.350 e. The molecule has 1 amide bonds. The molecule has 1 N–H and O–H groups in total. The number of hydrogen-bond acceptors (Lipinski definition) is 3. The zero-order valence-electron chi connectivity index (χ0n) is 9.79. The number of halogens is 1. The highest BCUT2D eigenvalue weighted by atomic mass is 79.9. The van der Waals surface area contributed by atoms with Gasteiger partial charge in [-0.3, -0.25) is 4.79 Å². The quantitative estimate of drug-likeness (QED) is 0.904. The number of thiophene rings is 1.